The second kappa shape index (κ2) is 8.48. The Hall–Kier alpha value is -0.610. The molecule has 4 heteroatoms. The summed E-state index contributed by atoms with van der Waals surface area (Å²) in [7, 11) is 0. The summed E-state index contributed by atoms with van der Waals surface area (Å²) < 4.78 is 0. The summed E-state index contributed by atoms with van der Waals surface area (Å²) in [6, 6.07) is 9.37. The van der Waals surface area contributed by atoms with Crippen LogP contribution in [0.1, 0.15) is 44.1 Å². The van der Waals surface area contributed by atoms with Crippen LogP contribution in [0.15, 0.2) is 24.3 Å². The molecule has 1 aromatic carbocycles. The summed E-state index contributed by atoms with van der Waals surface area (Å²) in [5.41, 5.74) is 1.21. The van der Waals surface area contributed by atoms with Gasteiger partial charge in [0.1, 0.15) is 0 Å². The maximum atomic E-state index is 9.49. The van der Waals surface area contributed by atoms with Crippen molar-refractivity contribution in [2.24, 2.45) is 0 Å². The monoisotopic (exact) mass is 336 g/mol. The highest BCUT2D eigenvalue weighted by Gasteiger charge is 2.32. The van der Waals surface area contributed by atoms with Gasteiger partial charge < -0.3 is 5.11 Å². The summed E-state index contributed by atoms with van der Waals surface area (Å²) in [4.78, 5) is 5.19. The van der Waals surface area contributed by atoms with Gasteiger partial charge in [-0.3, -0.25) is 9.80 Å². The first kappa shape index (κ1) is 17.2. The van der Waals surface area contributed by atoms with Crippen molar-refractivity contribution in [2.75, 3.05) is 26.2 Å². The second-order valence-electron chi connectivity index (χ2n) is 7.02. The molecule has 0 unspecified atom stereocenters. The Morgan fingerprint density at radius 2 is 1.87 bits per heavy atom. The van der Waals surface area contributed by atoms with Gasteiger partial charge in [0.25, 0.3) is 0 Å². The van der Waals surface area contributed by atoms with Crippen molar-refractivity contribution < 1.29 is 5.11 Å². The first-order chi connectivity index (χ1) is 11.3. The molecule has 1 aromatic rings. The number of hydrogen-bond acceptors (Lipinski definition) is 3. The minimum Gasteiger partial charge on any atom is -0.396 e. The minimum atomic E-state index is 0.286. The number of piperazine rings is 1. The van der Waals surface area contributed by atoms with Crippen LogP contribution in [0.2, 0.25) is 5.02 Å². The van der Waals surface area contributed by atoms with Gasteiger partial charge in [0, 0.05) is 49.9 Å². The molecule has 0 amide bonds. The lowest BCUT2D eigenvalue weighted by Gasteiger charge is -2.46. The van der Waals surface area contributed by atoms with Crippen molar-refractivity contribution in [3.05, 3.63) is 34.9 Å². The third kappa shape index (κ3) is 4.48. The van der Waals surface area contributed by atoms with Gasteiger partial charge in [-0.1, -0.05) is 49.1 Å². The Bertz CT molecular complexity index is 490. The van der Waals surface area contributed by atoms with E-state index in [4.69, 9.17) is 11.6 Å². The van der Waals surface area contributed by atoms with E-state index in [0.717, 1.165) is 43.7 Å². The van der Waals surface area contributed by atoms with Crippen LogP contribution in [0.5, 0.6) is 0 Å². The van der Waals surface area contributed by atoms with E-state index in [9.17, 15) is 5.11 Å². The number of benzene rings is 1. The quantitative estimate of drug-likeness (QED) is 0.891. The normalized spacial score (nSPS) is 24.9. The fraction of sp³-hybridized carbons (Fsp3) is 0.684. The molecule has 0 aromatic heterocycles. The lowest BCUT2D eigenvalue weighted by Crippen LogP contribution is -2.56. The van der Waals surface area contributed by atoms with E-state index >= 15 is 0 Å². The first-order valence-electron chi connectivity index (χ1n) is 9.10. The lowest BCUT2D eigenvalue weighted by atomic mass is 9.91. The Morgan fingerprint density at radius 1 is 1.09 bits per heavy atom. The van der Waals surface area contributed by atoms with E-state index in [2.05, 4.69) is 21.9 Å². The molecule has 0 spiro atoms. The van der Waals surface area contributed by atoms with Gasteiger partial charge in [-0.25, -0.2) is 0 Å². The maximum Gasteiger partial charge on any atom is 0.0451 e. The molecule has 3 nitrogen and oxygen atoms in total. The molecule has 1 aliphatic heterocycles. The molecule has 1 saturated carbocycles. The van der Waals surface area contributed by atoms with E-state index in [0.29, 0.717) is 6.04 Å². The molecule has 23 heavy (non-hydrogen) atoms. The molecule has 0 bridgehead atoms. The van der Waals surface area contributed by atoms with Crippen LogP contribution >= 0.6 is 11.6 Å². The number of rotatable bonds is 5. The highest BCUT2D eigenvalue weighted by Crippen LogP contribution is 2.28. The van der Waals surface area contributed by atoms with E-state index in [1.54, 1.807) is 0 Å². The summed E-state index contributed by atoms with van der Waals surface area (Å²) in [5, 5.41) is 10.4. The molecule has 1 N–H and O–H groups in total. The Labute approximate surface area is 145 Å². The second-order valence-corrected chi connectivity index (χ2v) is 7.43. The van der Waals surface area contributed by atoms with Crippen LogP contribution in [0.4, 0.5) is 0 Å². The maximum absolute atomic E-state index is 9.49. The van der Waals surface area contributed by atoms with Crippen LogP contribution in [-0.4, -0.2) is 53.2 Å². The van der Waals surface area contributed by atoms with Gasteiger partial charge >= 0.3 is 0 Å². The fourth-order valence-electron chi connectivity index (χ4n) is 4.24. The third-order valence-electron chi connectivity index (χ3n) is 5.47. The predicted molar refractivity (Wildman–Crippen MR) is 95.8 cm³/mol. The Morgan fingerprint density at radius 3 is 2.61 bits per heavy atom. The molecular formula is C19H29ClN2O. The predicted octanol–water partition coefficient (Wildman–Crippen LogP) is 3.54. The van der Waals surface area contributed by atoms with Crippen LogP contribution in [0.25, 0.3) is 0 Å². The standard InChI is InChI=1S/C19H29ClN2O/c20-19-9-5-4-6-16(19)14-21-11-12-22(18(15-21)10-13-23)17-7-2-1-3-8-17/h4-6,9,17-18,23H,1-3,7-8,10-15H2/t18-/m0/s1. The average molecular weight is 337 g/mol. The Balaban J connectivity index is 1.62. The fourth-order valence-corrected chi connectivity index (χ4v) is 4.44. The highest BCUT2D eigenvalue weighted by atomic mass is 35.5. The van der Waals surface area contributed by atoms with Crippen LogP contribution < -0.4 is 0 Å². The van der Waals surface area contributed by atoms with Gasteiger partial charge in [-0.05, 0) is 30.9 Å². The molecule has 128 valence electrons. The van der Waals surface area contributed by atoms with Crippen molar-refractivity contribution in [1.29, 1.82) is 0 Å². The zero-order valence-corrected chi connectivity index (χ0v) is 14.7. The third-order valence-corrected chi connectivity index (χ3v) is 5.84. The largest absolute Gasteiger partial charge is 0.396 e. The summed E-state index contributed by atoms with van der Waals surface area (Å²) in [6.45, 7) is 4.47. The van der Waals surface area contributed by atoms with Gasteiger partial charge in [0.2, 0.25) is 0 Å². The summed E-state index contributed by atoms with van der Waals surface area (Å²) in [6.07, 6.45) is 7.70. The minimum absolute atomic E-state index is 0.286. The molecule has 2 aliphatic rings. The highest BCUT2D eigenvalue weighted by molar-refractivity contribution is 6.31. The van der Waals surface area contributed by atoms with Gasteiger partial charge in [0.15, 0.2) is 0 Å². The molecular weight excluding hydrogens is 308 g/mol. The molecule has 1 saturated heterocycles. The van der Waals surface area contributed by atoms with Gasteiger partial charge in [-0.2, -0.15) is 0 Å². The molecule has 1 heterocycles. The van der Waals surface area contributed by atoms with Gasteiger partial charge in [-0.15, -0.1) is 0 Å². The molecule has 1 atom stereocenters. The van der Waals surface area contributed by atoms with E-state index in [1.165, 1.54) is 37.7 Å². The number of hydrogen-bond donors (Lipinski definition) is 1. The zero-order valence-electron chi connectivity index (χ0n) is 14.0. The SMILES string of the molecule is OCC[C@H]1CN(Cc2ccccc2Cl)CCN1C1CCCCC1. The molecule has 3 rings (SSSR count). The topological polar surface area (TPSA) is 26.7 Å². The zero-order chi connectivity index (χ0) is 16.1. The van der Waals surface area contributed by atoms with Crippen LogP contribution in [0.3, 0.4) is 0 Å². The van der Waals surface area contributed by atoms with Crippen molar-refractivity contribution in [2.45, 2.75) is 57.2 Å². The summed E-state index contributed by atoms with van der Waals surface area (Å²) in [5.74, 6) is 0. The van der Waals surface area contributed by atoms with E-state index in [-0.39, 0.29) is 6.61 Å². The summed E-state index contributed by atoms with van der Waals surface area (Å²) >= 11 is 6.31. The van der Waals surface area contributed by atoms with Crippen LogP contribution in [0, 0.1) is 0 Å². The number of aliphatic hydroxyl groups is 1. The molecule has 0 radical (unpaired) electrons. The average Bonchev–Trinajstić information content (AvgIpc) is 2.58. The van der Waals surface area contributed by atoms with E-state index < -0.39 is 0 Å². The van der Waals surface area contributed by atoms with E-state index in [1.807, 2.05) is 12.1 Å². The first-order valence-corrected chi connectivity index (χ1v) is 9.48. The number of nitrogens with zero attached hydrogens (tertiary/aromatic N) is 2. The van der Waals surface area contributed by atoms with Crippen molar-refractivity contribution >= 4 is 11.6 Å². The van der Waals surface area contributed by atoms with Crippen molar-refractivity contribution in [1.82, 2.24) is 9.80 Å². The molecule has 2 fully saturated rings. The Kier molecular flexibility index (Phi) is 6.35. The number of aliphatic hydroxyl groups excluding tert-OH is 1. The van der Waals surface area contributed by atoms with Crippen LogP contribution in [-0.2, 0) is 6.54 Å². The van der Waals surface area contributed by atoms with Crippen molar-refractivity contribution in [3.63, 3.8) is 0 Å². The molecule has 1 aliphatic carbocycles. The number of halogens is 1. The smallest absolute Gasteiger partial charge is 0.0451 e. The van der Waals surface area contributed by atoms with Gasteiger partial charge in [0.05, 0.1) is 0 Å². The lowest BCUT2D eigenvalue weighted by molar-refractivity contribution is 0.0137. The van der Waals surface area contributed by atoms with Crippen molar-refractivity contribution in [3.8, 4) is 0 Å².